The van der Waals surface area contributed by atoms with Crippen molar-refractivity contribution in [2.75, 3.05) is 0 Å². The smallest absolute Gasteiger partial charge is 0.120 e. The Kier molecular flexibility index (Phi) is 5.73. The SMILES string of the molecule is CC1CCC(Oc2ccc(Br)c(CNC(C)(C)C)c2)CC1. The van der Waals surface area contributed by atoms with Crippen molar-refractivity contribution in [2.45, 2.75) is 71.6 Å². The summed E-state index contributed by atoms with van der Waals surface area (Å²) >= 11 is 3.64. The molecule has 0 atom stereocenters. The molecule has 1 aliphatic rings. The summed E-state index contributed by atoms with van der Waals surface area (Å²) in [6, 6.07) is 6.34. The number of rotatable bonds is 4. The minimum absolute atomic E-state index is 0.121. The molecule has 2 nitrogen and oxygen atoms in total. The Hall–Kier alpha value is -0.540. The van der Waals surface area contributed by atoms with Crippen molar-refractivity contribution < 1.29 is 4.74 Å². The van der Waals surface area contributed by atoms with Crippen LogP contribution in [0.25, 0.3) is 0 Å². The molecule has 118 valence electrons. The normalized spacial score (nSPS) is 23.1. The fourth-order valence-electron chi connectivity index (χ4n) is 2.66. The van der Waals surface area contributed by atoms with E-state index in [1.807, 2.05) is 0 Å². The van der Waals surface area contributed by atoms with Gasteiger partial charge in [-0.25, -0.2) is 0 Å². The van der Waals surface area contributed by atoms with Crippen LogP contribution in [-0.4, -0.2) is 11.6 Å². The molecule has 0 saturated heterocycles. The van der Waals surface area contributed by atoms with Crippen LogP contribution < -0.4 is 10.1 Å². The molecule has 1 N–H and O–H groups in total. The van der Waals surface area contributed by atoms with Crippen LogP contribution in [0.1, 0.15) is 58.9 Å². The molecule has 1 aromatic carbocycles. The summed E-state index contributed by atoms with van der Waals surface area (Å²) in [6.45, 7) is 9.74. The largest absolute Gasteiger partial charge is 0.490 e. The van der Waals surface area contributed by atoms with Crippen LogP contribution in [0.2, 0.25) is 0 Å². The highest BCUT2D eigenvalue weighted by Crippen LogP contribution is 2.29. The number of hydrogen-bond acceptors (Lipinski definition) is 2. The Morgan fingerprint density at radius 3 is 2.48 bits per heavy atom. The van der Waals surface area contributed by atoms with Gasteiger partial charge < -0.3 is 10.1 Å². The van der Waals surface area contributed by atoms with Crippen LogP contribution in [0.5, 0.6) is 5.75 Å². The first-order valence-electron chi connectivity index (χ1n) is 8.03. The fourth-order valence-corrected chi connectivity index (χ4v) is 3.05. The molecule has 1 aromatic rings. The van der Waals surface area contributed by atoms with Crippen molar-refractivity contribution in [1.29, 1.82) is 0 Å². The Labute approximate surface area is 137 Å². The zero-order valence-electron chi connectivity index (χ0n) is 13.7. The summed E-state index contributed by atoms with van der Waals surface area (Å²) in [6.07, 6.45) is 5.35. The first kappa shape index (κ1) is 16.8. The lowest BCUT2D eigenvalue weighted by Gasteiger charge is -2.27. The minimum atomic E-state index is 0.121. The second kappa shape index (κ2) is 7.15. The molecule has 2 rings (SSSR count). The fraction of sp³-hybridized carbons (Fsp3) is 0.667. The molecule has 1 aliphatic carbocycles. The number of halogens is 1. The van der Waals surface area contributed by atoms with Crippen molar-refractivity contribution >= 4 is 15.9 Å². The molecule has 3 heteroatoms. The van der Waals surface area contributed by atoms with Crippen molar-refractivity contribution in [3.63, 3.8) is 0 Å². The number of hydrogen-bond donors (Lipinski definition) is 1. The molecule has 0 bridgehead atoms. The second-order valence-corrected chi connectivity index (χ2v) is 8.21. The van der Waals surface area contributed by atoms with Gasteiger partial charge in [-0.1, -0.05) is 22.9 Å². The van der Waals surface area contributed by atoms with Crippen molar-refractivity contribution in [1.82, 2.24) is 5.32 Å². The van der Waals surface area contributed by atoms with E-state index in [1.165, 1.54) is 31.2 Å². The second-order valence-electron chi connectivity index (χ2n) is 7.36. The van der Waals surface area contributed by atoms with E-state index in [1.54, 1.807) is 0 Å². The zero-order chi connectivity index (χ0) is 15.5. The first-order valence-corrected chi connectivity index (χ1v) is 8.83. The predicted octanol–water partition coefficient (Wildman–Crippen LogP) is 5.29. The van der Waals surface area contributed by atoms with Crippen LogP contribution in [0.15, 0.2) is 22.7 Å². The maximum atomic E-state index is 6.18. The lowest BCUT2D eigenvalue weighted by molar-refractivity contribution is 0.135. The molecular weight excluding hydrogens is 326 g/mol. The summed E-state index contributed by atoms with van der Waals surface area (Å²) in [4.78, 5) is 0. The third kappa shape index (κ3) is 5.63. The van der Waals surface area contributed by atoms with Gasteiger partial charge >= 0.3 is 0 Å². The molecule has 21 heavy (non-hydrogen) atoms. The monoisotopic (exact) mass is 353 g/mol. The molecule has 0 amide bonds. The average Bonchev–Trinajstić information content (AvgIpc) is 2.41. The van der Waals surface area contributed by atoms with E-state index in [0.29, 0.717) is 6.10 Å². The highest BCUT2D eigenvalue weighted by molar-refractivity contribution is 9.10. The van der Waals surface area contributed by atoms with E-state index < -0.39 is 0 Å². The first-order chi connectivity index (χ1) is 9.83. The summed E-state index contributed by atoms with van der Waals surface area (Å²) in [5.74, 6) is 1.87. The Balaban J connectivity index is 1.97. The van der Waals surface area contributed by atoms with Gasteiger partial charge in [0.05, 0.1) is 6.10 Å². The molecule has 0 heterocycles. The van der Waals surface area contributed by atoms with Gasteiger partial charge in [0.2, 0.25) is 0 Å². The van der Waals surface area contributed by atoms with E-state index in [9.17, 15) is 0 Å². The van der Waals surface area contributed by atoms with Crippen molar-refractivity contribution in [3.8, 4) is 5.75 Å². The van der Waals surface area contributed by atoms with Crippen LogP contribution in [-0.2, 0) is 6.54 Å². The standard InChI is InChI=1S/C18H28BrNO/c1-13-5-7-15(8-6-13)21-16-9-10-17(19)14(11-16)12-20-18(2,3)4/h9-11,13,15,20H,5-8,12H2,1-4H3. The molecule has 0 unspecified atom stereocenters. The summed E-state index contributed by atoms with van der Waals surface area (Å²) in [5, 5.41) is 3.53. The number of ether oxygens (including phenoxy) is 1. The van der Waals surface area contributed by atoms with Crippen LogP contribution in [0.4, 0.5) is 0 Å². The van der Waals surface area contributed by atoms with Gasteiger partial charge in [0.15, 0.2) is 0 Å². The number of benzene rings is 1. The van der Waals surface area contributed by atoms with Gasteiger partial charge in [-0.2, -0.15) is 0 Å². The van der Waals surface area contributed by atoms with E-state index in [-0.39, 0.29) is 5.54 Å². The minimum Gasteiger partial charge on any atom is -0.490 e. The van der Waals surface area contributed by atoms with Gasteiger partial charge in [-0.15, -0.1) is 0 Å². The zero-order valence-corrected chi connectivity index (χ0v) is 15.3. The highest BCUT2D eigenvalue weighted by atomic mass is 79.9. The van der Waals surface area contributed by atoms with E-state index in [4.69, 9.17) is 4.74 Å². The van der Waals surface area contributed by atoms with E-state index >= 15 is 0 Å². The van der Waals surface area contributed by atoms with Crippen LogP contribution in [0.3, 0.4) is 0 Å². The Morgan fingerprint density at radius 2 is 1.86 bits per heavy atom. The van der Waals surface area contributed by atoms with Crippen molar-refractivity contribution in [3.05, 3.63) is 28.2 Å². The molecule has 0 aliphatic heterocycles. The maximum absolute atomic E-state index is 6.18. The quantitative estimate of drug-likeness (QED) is 0.793. The maximum Gasteiger partial charge on any atom is 0.120 e. The van der Waals surface area contributed by atoms with Crippen LogP contribution in [0, 0.1) is 5.92 Å². The third-order valence-corrected chi connectivity index (χ3v) is 4.87. The predicted molar refractivity (Wildman–Crippen MR) is 92.8 cm³/mol. The average molecular weight is 354 g/mol. The Morgan fingerprint density at radius 1 is 1.19 bits per heavy atom. The van der Waals surface area contributed by atoms with Gasteiger partial charge in [-0.3, -0.25) is 0 Å². The molecule has 0 radical (unpaired) electrons. The molecular formula is C18H28BrNO. The topological polar surface area (TPSA) is 21.3 Å². The summed E-state index contributed by atoms with van der Waals surface area (Å²) in [7, 11) is 0. The van der Waals surface area contributed by atoms with E-state index in [0.717, 1.165) is 22.7 Å². The van der Waals surface area contributed by atoms with E-state index in [2.05, 4.69) is 67.1 Å². The van der Waals surface area contributed by atoms with Gasteiger partial charge in [0, 0.05) is 16.6 Å². The van der Waals surface area contributed by atoms with Crippen LogP contribution >= 0.6 is 15.9 Å². The Bertz CT molecular complexity index is 459. The third-order valence-electron chi connectivity index (χ3n) is 4.09. The van der Waals surface area contributed by atoms with Crippen molar-refractivity contribution in [2.24, 2.45) is 5.92 Å². The van der Waals surface area contributed by atoms with Gasteiger partial charge in [-0.05, 0) is 76.1 Å². The lowest BCUT2D eigenvalue weighted by Crippen LogP contribution is -2.35. The number of nitrogens with one attached hydrogen (secondary N) is 1. The lowest BCUT2D eigenvalue weighted by atomic mass is 9.89. The molecule has 0 spiro atoms. The summed E-state index contributed by atoms with van der Waals surface area (Å²) < 4.78 is 7.33. The van der Waals surface area contributed by atoms with Gasteiger partial charge in [0.1, 0.15) is 5.75 Å². The highest BCUT2D eigenvalue weighted by Gasteiger charge is 2.19. The summed E-state index contributed by atoms with van der Waals surface area (Å²) in [5.41, 5.74) is 1.38. The van der Waals surface area contributed by atoms with Gasteiger partial charge in [0.25, 0.3) is 0 Å². The molecule has 0 aromatic heterocycles. The molecule has 1 fully saturated rings. The molecule has 1 saturated carbocycles.